The third-order valence-corrected chi connectivity index (χ3v) is 5.61. The van der Waals surface area contributed by atoms with E-state index in [0.717, 1.165) is 11.3 Å². The normalized spacial score (nSPS) is 16.3. The maximum atomic E-state index is 13.2. The van der Waals surface area contributed by atoms with E-state index in [0.29, 0.717) is 35.2 Å². The number of hydrogen-bond donors (Lipinski definition) is 0. The first kappa shape index (κ1) is 19.2. The predicted molar refractivity (Wildman–Crippen MR) is 102 cm³/mol. The molecule has 2 heterocycles. The summed E-state index contributed by atoms with van der Waals surface area (Å²) in [5.41, 5.74) is 1.29. The van der Waals surface area contributed by atoms with Gasteiger partial charge in [-0.05, 0) is 6.07 Å². The van der Waals surface area contributed by atoms with Crippen molar-refractivity contribution in [1.82, 2.24) is 14.7 Å². The molecule has 1 aliphatic rings. The van der Waals surface area contributed by atoms with E-state index >= 15 is 0 Å². The zero-order chi connectivity index (χ0) is 19.6. The van der Waals surface area contributed by atoms with E-state index in [-0.39, 0.29) is 11.3 Å². The highest BCUT2D eigenvalue weighted by atomic mass is 32.2. The van der Waals surface area contributed by atoms with Crippen molar-refractivity contribution in [3.8, 4) is 23.1 Å². The molecular formula is C18H23N3O5S. The second-order valence-electron chi connectivity index (χ2n) is 5.90. The highest BCUT2D eigenvalue weighted by Gasteiger charge is 2.35. The summed E-state index contributed by atoms with van der Waals surface area (Å²) in [7, 11) is 8.02. The molecule has 0 saturated carbocycles. The molecule has 1 amide bonds. The molecule has 0 bridgehead atoms. The van der Waals surface area contributed by atoms with Crippen LogP contribution in [0.4, 0.5) is 0 Å². The van der Waals surface area contributed by atoms with Crippen LogP contribution in [0.2, 0.25) is 0 Å². The fourth-order valence-corrected chi connectivity index (χ4v) is 4.37. The van der Waals surface area contributed by atoms with Gasteiger partial charge in [-0.3, -0.25) is 9.48 Å². The smallest absolute Gasteiger partial charge is 0.262 e. The summed E-state index contributed by atoms with van der Waals surface area (Å²) in [5, 5.41) is 3.97. The Morgan fingerprint density at radius 3 is 2.37 bits per heavy atom. The molecule has 146 valence electrons. The summed E-state index contributed by atoms with van der Waals surface area (Å²) in [6.07, 6.45) is 1.67. The van der Waals surface area contributed by atoms with E-state index in [1.165, 1.54) is 7.11 Å². The number of nitrogens with zero attached hydrogens (tertiary/aromatic N) is 3. The van der Waals surface area contributed by atoms with Gasteiger partial charge >= 0.3 is 0 Å². The van der Waals surface area contributed by atoms with Gasteiger partial charge in [0.25, 0.3) is 5.91 Å². The molecule has 27 heavy (non-hydrogen) atoms. The van der Waals surface area contributed by atoms with Gasteiger partial charge in [-0.15, -0.1) is 16.9 Å². The summed E-state index contributed by atoms with van der Waals surface area (Å²) in [4.78, 5) is 15.0. The first-order valence-electron chi connectivity index (χ1n) is 8.34. The molecular weight excluding hydrogens is 370 g/mol. The highest BCUT2D eigenvalue weighted by Crippen LogP contribution is 2.46. The van der Waals surface area contributed by atoms with Crippen molar-refractivity contribution >= 4 is 17.7 Å². The average Bonchev–Trinajstić information content (AvgIpc) is 3.32. The van der Waals surface area contributed by atoms with Crippen molar-refractivity contribution in [2.24, 2.45) is 7.05 Å². The molecule has 0 aliphatic carbocycles. The van der Waals surface area contributed by atoms with Crippen LogP contribution in [0.1, 0.15) is 21.3 Å². The fourth-order valence-electron chi connectivity index (χ4n) is 3.10. The zero-order valence-corrected chi connectivity index (χ0v) is 16.8. The maximum Gasteiger partial charge on any atom is 0.262 e. The fraction of sp³-hybridized carbons (Fsp3) is 0.444. The van der Waals surface area contributed by atoms with E-state index in [1.807, 2.05) is 6.07 Å². The van der Waals surface area contributed by atoms with Gasteiger partial charge in [0.1, 0.15) is 16.7 Å². The van der Waals surface area contributed by atoms with E-state index in [9.17, 15) is 4.79 Å². The van der Waals surface area contributed by atoms with Gasteiger partial charge in [0, 0.05) is 37.2 Å². The number of hydrogen-bond acceptors (Lipinski definition) is 7. The van der Waals surface area contributed by atoms with Gasteiger partial charge < -0.3 is 23.8 Å². The van der Waals surface area contributed by atoms with Crippen LogP contribution < -0.4 is 18.9 Å². The second kappa shape index (κ2) is 7.99. The molecule has 1 aromatic heterocycles. The topological polar surface area (TPSA) is 75.1 Å². The summed E-state index contributed by atoms with van der Waals surface area (Å²) < 4.78 is 23.2. The molecule has 3 rings (SSSR count). The monoisotopic (exact) mass is 393 g/mol. The number of methoxy groups -OCH3 is 4. The molecule has 1 aliphatic heterocycles. The Balaban J connectivity index is 2.00. The first-order chi connectivity index (χ1) is 13.0. The molecule has 0 spiro atoms. The molecule has 8 nitrogen and oxygen atoms in total. The Morgan fingerprint density at radius 2 is 1.74 bits per heavy atom. The lowest BCUT2D eigenvalue weighted by molar-refractivity contribution is 0.0755. The first-order valence-corrected chi connectivity index (χ1v) is 9.39. The number of ether oxygens (including phenoxy) is 4. The van der Waals surface area contributed by atoms with Gasteiger partial charge in [0.2, 0.25) is 5.88 Å². The summed E-state index contributed by atoms with van der Waals surface area (Å²) >= 11 is 1.67. The minimum Gasteiger partial charge on any atom is -0.496 e. The summed E-state index contributed by atoms with van der Waals surface area (Å²) in [6.45, 7) is 0.615. The molecule has 9 heteroatoms. The van der Waals surface area contributed by atoms with E-state index in [2.05, 4.69) is 5.10 Å². The third kappa shape index (κ3) is 3.51. The van der Waals surface area contributed by atoms with Gasteiger partial charge in [-0.25, -0.2) is 0 Å². The lowest BCUT2D eigenvalue weighted by atomic mass is 10.1. The number of aryl methyl sites for hydroxylation is 1. The number of rotatable bonds is 6. The number of aromatic nitrogens is 2. The number of thioether (sulfide) groups is 1. The molecule has 1 atom stereocenters. The van der Waals surface area contributed by atoms with E-state index in [1.54, 1.807) is 62.0 Å². The molecule has 2 aromatic rings. The number of carbonyl (C=O) groups excluding carboxylic acids is 1. The average molecular weight is 393 g/mol. The van der Waals surface area contributed by atoms with Crippen LogP contribution in [-0.2, 0) is 7.05 Å². The standard InChI is InChI=1S/C18H23N3O5S/c1-20-10-12(16(19-20)26-5)17(22)21-6-7-27-18(21)11-8-14(24-3)15(25-4)9-13(11)23-2/h8-10,18H,6-7H2,1-5H3. The van der Waals surface area contributed by atoms with Crippen molar-refractivity contribution in [3.63, 3.8) is 0 Å². The van der Waals surface area contributed by atoms with Crippen LogP contribution in [0, 0.1) is 0 Å². The number of carbonyl (C=O) groups is 1. The zero-order valence-electron chi connectivity index (χ0n) is 16.0. The van der Waals surface area contributed by atoms with Crippen LogP contribution in [0.15, 0.2) is 18.3 Å². The van der Waals surface area contributed by atoms with Gasteiger partial charge in [0.15, 0.2) is 11.5 Å². The lowest BCUT2D eigenvalue weighted by Crippen LogP contribution is -2.30. The van der Waals surface area contributed by atoms with Crippen molar-refractivity contribution in [2.45, 2.75) is 5.37 Å². The minimum atomic E-state index is -0.211. The van der Waals surface area contributed by atoms with Crippen LogP contribution in [0.5, 0.6) is 23.1 Å². The Kier molecular flexibility index (Phi) is 5.69. The van der Waals surface area contributed by atoms with Gasteiger partial charge in [-0.1, -0.05) is 0 Å². The Morgan fingerprint density at radius 1 is 1.07 bits per heavy atom. The quantitative estimate of drug-likeness (QED) is 0.746. The third-order valence-electron chi connectivity index (χ3n) is 4.37. The molecule has 1 saturated heterocycles. The molecule has 1 aromatic carbocycles. The van der Waals surface area contributed by atoms with E-state index in [4.69, 9.17) is 18.9 Å². The second-order valence-corrected chi connectivity index (χ2v) is 7.08. The maximum absolute atomic E-state index is 13.2. The van der Waals surface area contributed by atoms with Crippen LogP contribution in [0.25, 0.3) is 0 Å². The van der Waals surface area contributed by atoms with Crippen LogP contribution >= 0.6 is 11.8 Å². The SMILES string of the molecule is COc1cc(OC)c(C2SCCN2C(=O)c2cn(C)nc2OC)cc1OC. The Bertz CT molecular complexity index is 839. The highest BCUT2D eigenvalue weighted by molar-refractivity contribution is 7.99. The molecule has 1 unspecified atom stereocenters. The molecule has 0 N–H and O–H groups in total. The van der Waals surface area contributed by atoms with Gasteiger partial charge in [-0.2, -0.15) is 0 Å². The minimum absolute atomic E-state index is 0.133. The summed E-state index contributed by atoms with van der Waals surface area (Å²) in [6, 6.07) is 3.64. The Labute approximate surface area is 162 Å². The molecule has 1 fully saturated rings. The van der Waals surface area contributed by atoms with Gasteiger partial charge in [0.05, 0.1) is 28.4 Å². The van der Waals surface area contributed by atoms with E-state index < -0.39 is 0 Å². The van der Waals surface area contributed by atoms with Crippen molar-refractivity contribution in [2.75, 3.05) is 40.7 Å². The number of benzene rings is 1. The van der Waals surface area contributed by atoms with Crippen molar-refractivity contribution < 1.29 is 23.7 Å². The van der Waals surface area contributed by atoms with Crippen LogP contribution in [0.3, 0.4) is 0 Å². The number of amides is 1. The molecule has 0 radical (unpaired) electrons. The van der Waals surface area contributed by atoms with Crippen molar-refractivity contribution in [1.29, 1.82) is 0 Å². The van der Waals surface area contributed by atoms with Crippen LogP contribution in [-0.4, -0.2) is 61.3 Å². The summed E-state index contributed by atoms with van der Waals surface area (Å²) in [5.74, 6) is 2.81. The lowest BCUT2D eigenvalue weighted by Gasteiger charge is -2.26. The largest absolute Gasteiger partial charge is 0.496 e. The predicted octanol–water partition coefficient (Wildman–Crippen LogP) is 2.34. The van der Waals surface area contributed by atoms with Crippen molar-refractivity contribution in [3.05, 3.63) is 29.5 Å². The Hall–Kier alpha value is -2.55.